The van der Waals surface area contributed by atoms with Crippen LogP contribution in [0.25, 0.3) is 6.08 Å². The minimum absolute atomic E-state index is 0.129. The number of carboxylic acid groups (broad SMARTS) is 1. The molecule has 1 aliphatic rings. The van der Waals surface area contributed by atoms with Crippen LogP contribution in [-0.2, 0) is 6.42 Å². The van der Waals surface area contributed by atoms with Gasteiger partial charge in [0.15, 0.2) is 10.0 Å². The van der Waals surface area contributed by atoms with Crippen molar-refractivity contribution in [3.63, 3.8) is 0 Å². The molecule has 3 rings (SSSR count). The SMILES string of the molecule is C=CCCc1cccc(/C=C/[C@H]2CC[C@@H](Cl)[C@@H]2CCSc2nc(C(=O)O)cs2)c1. The summed E-state index contributed by atoms with van der Waals surface area (Å²) in [6, 6.07) is 8.68. The predicted octanol–water partition coefficient (Wildman–Crippen LogP) is 6.79. The summed E-state index contributed by atoms with van der Waals surface area (Å²) in [6.45, 7) is 3.80. The van der Waals surface area contributed by atoms with Crippen LogP contribution in [-0.4, -0.2) is 27.2 Å². The van der Waals surface area contributed by atoms with E-state index in [9.17, 15) is 4.79 Å². The lowest BCUT2D eigenvalue weighted by Gasteiger charge is -2.18. The third-order valence-corrected chi connectivity index (χ3v) is 7.89. The number of carbonyl (C=O) groups is 1. The topological polar surface area (TPSA) is 50.2 Å². The number of thiazole rings is 1. The normalized spacial score (nSPS) is 21.6. The lowest BCUT2D eigenvalue weighted by atomic mass is 9.92. The van der Waals surface area contributed by atoms with Gasteiger partial charge in [0.25, 0.3) is 0 Å². The van der Waals surface area contributed by atoms with Crippen molar-refractivity contribution in [1.82, 2.24) is 4.98 Å². The van der Waals surface area contributed by atoms with Gasteiger partial charge >= 0.3 is 5.97 Å². The van der Waals surface area contributed by atoms with E-state index in [0.717, 1.165) is 42.2 Å². The van der Waals surface area contributed by atoms with Crippen molar-refractivity contribution in [1.29, 1.82) is 0 Å². The number of rotatable bonds is 10. The van der Waals surface area contributed by atoms with E-state index in [2.05, 4.69) is 48.0 Å². The van der Waals surface area contributed by atoms with E-state index in [4.69, 9.17) is 16.7 Å². The Morgan fingerprint density at radius 2 is 2.28 bits per heavy atom. The summed E-state index contributed by atoms with van der Waals surface area (Å²) in [5.74, 6) is 0.870. The Balaban J connectivity index is 1.55. The highest BCUT2D eigenvalue weighted by Gasteiger charge is 2.32. The van der Waals surface area contributed by atoms with Crippen molar-refractivity contribution in [2.24, 2.45) is 11.8 Å². The molecule has 1 fully saturated rings. The Hall–Kier alpha value is -1.56. The summed E-state index contributed by atoms with van der Waals surface area (Å²) in [7, 11) is 0. The molecule has 0 radical (unpaired) electrons. The molecule has 1 aromatic carbocycles. The van der Waals surface area contributed by atoms with E-state index >= 15 is 0 Å². The predicted molar refractivity (Wildman–Crippen MR) is 124 cm³/mol. The molecule has 154 valence electrons. The highest BCUT2D eigenvalue weighted by atomic mass is 35.5. The zero-order chi connectivity index (χ0) is 20.6. The molecule has 1 N–H and O–H groups in total. The average molecular weight is 448 g/mol. The number of hydrogen-bond donors (Lipinski definition) is 1. The first-order valence-electron chi connectivity index (χ1n) is 9.90. The van der Waals surface area contributed by atoms with Gasteiger partial charge in [0.2, 0.25) is 0 Å². The number of aromatic carboxylic acids is 1. The maximum Gasteiger partial charge on any atom is 0.355 e. The minimum atomic E-state index is -0.969. The van der Waals surface area contributed by atoms with Crippen LogP contribution >= 0.6 is 34.7 Å². The van der Waals surface area contributed by atoms with E-state index in [1.807, 2.05) is 6.08 Å². The third-order valence-electron chi connectivity index (χ3n) is 5.29. The lowest BCUT2D eigenvalue weighted by molar-refractivity contribution is 0.0691. The highest BCUT2D eigenvalue weighted by Crippen LogP contribution is 2.40. The second-order valence-corrected chi connectivity index (χ2v) is 10.1. The Kier molecular flexibility index (Phi) is 8.40. The molecule has 0 amide bonds. The van der Waals surface area contributed by atoms with E-state index < -0.39 is 5.97 Å². The number of aromatic nitrogens is 1. The first-order chi connectivity index (χ1) is 14.1. The summed E-state index contributed by atoms with van der Waals surface area (Å²) in [4.78, 5) is 15.1. The van der Waals surface area contributed by atoms with Gasteiger partial charge in [-0.05, 0) is 55.1 Å². The number of alkyl halides is 1. The fourth-order valence-electron chi connectivity index (χ4n) is 3.74. The van der Waals surface area contributed by atoms with Gasteiger partial charge < -0.3 is 5.11 Å². The maximum atomic E-state index is 11.0. The second-order valence-electron chi connectivity index (χ2n) is 7.29. The van der Waals surface area contributed by atoms with Gasteiger partial charge in [-0.2, -0.15) is 0 Å². The standard InChI is InChI=1S/C23H26ClNO2S2/c1-2-3-5-16-6-4-7-17(14-16)8-9-18-10-11-20(24)19(18)12-13-28-23-25-21(15-29-23)22(26)27/h2,4,6-9,14-15,18-20H,1,3,5,10-13H2,(H,26,27)/b9-8+/t18-,19+,20+/m0/s1. The first-order valence-corrected chi connectivity index (χ1v) is 12.2. The Morgan fingerprint density at radius 3 is 3.03 bits per heavy atom. The number of aryl methyl sites for hydroxylation is 1. The Bertz CT molecular complexity index is 864. The van der Waals surface area contributed by atoms with Crippen LogP contribution in [0, 0.1) is 11.8 Å². The third kappa shape index (κ3) is 6.46. The van der Waals surface area contributed by atoms with Gasteiger partial charge in [-0.25, -0.2) is 9.78 Å². The first kappa shape index (κ1) is 22.1. The summed E-state index contributed by atoms with van der Waals surface area (Å²) < 4.78 is 0.815. The maximum absolute atomic E-state index is 11.0. The summed E-state index contributed by atoms with van der Waals surface area (Å²) in [5, 5.41) is 10.8. The van der Waals surface area contributed by atoms with Crippen LogP contribution in [0.4, 0.5) is 0 Å². The van der Waals surface area contributed by atoms with Crippen LogP contribution in [0.2, 0.25) is 0 Å². The summed E-state index contributed by atoms with van der Waals surface area (Å²) in [5.41, 5.74) is 2.71. The summed E-state index contributed by atoms with van der Waals surface area (Å²) >= 11 is 9.64. The van der Waals surface area contributed by atoms with Crippen molar-refractivity contribution in [3.8, 4) is 0 Å². The van der Waals surface area contributed by atoms with E-state index in [1.54, 1.807) is 17.1 Å². The summed E-state index contributed by atoms with van der Waals surface area (Å²) in [6.07, 6.45) is 11.7. The van der Waals surface area contributed by atoms with Gasteiger partial charge in [-0.1, -0.05) is 54.3 Å². The van der Waals surface area contributed by atoms with Crippen molar-refractivity contribution in [3.05, 3.63) is 65.2 Å². The van der Waals surface area contributed by atoms with Crippen LogP contribution in [0.15, 0.2) is 52.7 Å². The van der Waals surface area contributed by atoms with Crippen LogP contribution in [0.5, 0.6) is 0 Å². The molecule has 1 aromatic heterocycles. The highest BCUT2D eigenvalue weighted by molar-refractivity contribution is 8.01. The fraction of sp³-hybridized carbons (Fsp3) is 0.391. The molecule has 0 saturated heterocycles. The van der Waals surface area contributed by atoms with E-state index in [-0.39, 0.29) is 11.1 Å². The molecule has 1 heterocycles. The van der Waals surface area contributed by atoms with Crippen molar-refractivity contribution >= 4 is 46.7 Å². The Morgan fingerprint density at radius 1 is 1.41 bits per heavy atom. The molecule has 3 nitrogen and oxygen atoms in total. The monoisotopic (exact) mass is 447 g/mol. The number of allylic oxidation sites excluding steroid dienone is 2. The van der Waals surface area contributed by atoms with Gasteiger partial charge in [-0.15, -0.1) is 29.5 Å². The van der Waals surface area contributed by atoms with Crippen LogP contribution in [0.3, 0.4) is 0 Å². The number of benzene rings is 1. The molecule has 29 heavy (non-hydrogen) atoms. The largest absolute Gasteiger partial charge is 0.476 e. The quantitative estimate of drug-likeness (QED) is 0.247. The zero-order valence-corrected chi connectivity index (χ0v) is 18.7. The molecule has 3 atom stereocenters. The Labute approximate surface area is 185 Å². The van der Waals surface area contributed by atoms with E-state index in [1.165, 1.54) is 22.5 Å². The zero-order valence-electron chi connectivity index (χ0n) is 16.3. The van der Waals surface area contributed by atoms with E-state index in [0.29, 0.717) is 11.8 Å². The molecule has 0 spiro atoms. The average Bonchev–Trinajstić information content (AvgIpc) is 3.33. The number of nitrogens with zero attached hydrogens (tertiary/aromatic N) is 1. The van der Waals surface area contributed by atoms with Gasteiger partial charge in [0.1, 0.15) is 0 Å². The molecule has 0 bridgehead atoms. The second kappa shape index (κ2) is 11.0. The van der Waals surface area contributed by atoms with Gasteiger partial charge in [0.05, 0.1) is 0 Å². The molecule has 1 aliphatic carbocycles. The van der Waals surface area contributed by atoms with Crippen LogP contribution < -0.4 is 0 Å². The molecular weight excluding hydrogens is 422 g/mol. The number of thioether (sulfide) groups is 1. The van der Waals surface area contributed by atoms with Gasteiger partial charge in [0, 0.05) is 16.5 Å². The number of halogens is 1. The van der Waals surface area contributed by atoms with Gasteiger partial charge in [-0.3, -0.25) is 0 Å². The molecule has 2 aromatic rings. The number of hydrogen-bond acceptors (Lipinski definition) is 4. The number of carboxylic acids is 1. The molecule has 0 unspecified atom stereocenters. The van der Waals surface area contributed by atoms with Crippen LogP contribution in [0.1, 0.15) is 47.3 Å². The van der Waals surface area contributed by atoms with Crippen molar-refractivity contribution in [2.45, 2.75) is 41.8 Å². The molecule has 0 aliphatic heterocycles. The molecular formula is C23H26ClNO2S2. The van der Waals surface area contributed by atoms with Crippen molar-refractivity contribution in [2.75, 3.05) is 5.75 Å². The molecule has 1 saturated carbocycles. The van der Waals surface area contributed by atoms with Crippen molar-refractivity contribution < 1.29 is 9.90 Å². The minimum Gasteiger partial charge on any atom is -0.476 e. The molecule has 6 heteroatoms. The lowest BCUT2D eigenvalue weighted by Crippen LogP contribution is -2.14. The fourth-order valence-corrected chi connectivity index (χ4v) is 6.09. The smallest absolute Gasteiger partial charge is 0.355 e.